The van der Waals surface area contributed by atoms with E-state index in [0.29, 0.717) is 11.4 Å². The van der Waals surface area contributed by atoms with E-state index >= 15 is 0 Å². The topological polar surface area (TPSA) is 72.2 Å². The highest BCUT2D eigenvalue weighted by molar-refractivity contribution is 7.17. The van der Waals surface area contributed by atoms with Crippen LogP contribution in [0.2, 0.25) is 0 Å². The summed E-state index contributed by atoms with van der Waals surface area (Å²) in [6, 6.07) is 2.87. The van der Waals surface area contributed by atoms with Crippen molar-refractivity contribution >= 4 is 22.2 Å². The van der Waals surface area contributed by atoms with Gasteiger partial charge in [0.15, 0.2) is 0 Å². The van der Waals surface area contributed by atoms with Crippen molar-refractivity contribution in [2.75, 3.05) is 6.54 Å². The molecule has 0 spiro atoms. The van der Waals surface area contributed by atoms with E-state index in [1.54, 1.807) is 0 Å². The summed E-state index contributed by atoms with van der Waals surface area (Å²) >= 11 is 0.913. The van der Waals surface area contributed by atoms with E-state index in [-0.39, 0.29) is 10.9 Å². The average Bonchev–Trinajstić information content (AvgIpc) is 2.86. The van der Waals surface area contributed by atoms with E-state index in [0.717, 1.165) is 30.1 Å². The summed E-state index contributed by atoms with van der Waals surface area (Å²) in [5, 5.41) is 13.3. The Morgan fingerprint density at radius 2 is 2.00 bits per heavy atom. The van der Waals surface area contributed by atoms with Gasteiger partial charge in [0.25, 0.3) is 5.91 Å². The number of hydrogen-bond donors (Lipinski definition) is 1. The number of nitrogens with zero attached hydrogens (tertiary/aromatic N) is 1. The Morgan fingerprint density at radius 1 is 1.30 bits per heavy atom. The van der Waals surface area contributed by atoms with Gasteiger partial charge in [-0.05, 0) is 18.4 Å². The molecule has 0 bridgehead atoms. The molecule has 0 saturated heterocycles. The molecule has 0 aliphatic heterocycles. The van der Waals surface area contributed by atoms with Gasteiger partial charge in [0.2, 0.25) is 0 Å². The molecule has 112 valence electrons. The second-order valence-corrected chi connectivity index (χ2v) is 6.31. The van der Waals surface area contributed by atoms with Crippen LogP contribution in [0.25, 0.3) is 0 Å². The number of amides is 1. The Kier molecular flexibility index (Phi) is 7.22. The molecule has 0 aromatic carbocycles. The van der Waals surface area contributed by atoms with E-state index in [1.807, 2.05) is 0 Å². The van der Waals surface area contributed by atoms with E-state index < -0.39 is 4.92 Å². The van der Waals surface area contributed by atoms with Crippen molar-refractivity contribution in [3.05, 3.63) is 27.1 Å². The van der Waals surface area contributed by atoms with Crippen LogP contribution in [0.3, 0.4) is 0 Å². The van der Waals surface area contributed by atoms with Gasteiger partial charge in [0.05, 0.1) is 9.80 Å². The largest absolute Gasteiger partial charge is 0.351 e. The molecule has 1 aromatic heterocycles. The molecular weight excluding hydrogens is 276 g/mol. The van der Waals surface area contributed by atoms with Crippen LogP contribution in [-0.2, 0) is 0 Å². The molecule has 1 aromatic rings. The summed E-state index contributed by atoms with van der Waals surface area (Å²) < 4.78 is 0. The van der Waals surface area contributed by atoms with E-state index in [2.05, 4.69) is 19.2 Å². The Labute approximate surface area is 123 Å². The fraction of sp³-hybridized carbons (Fsp3) is 0.643. The highest BCUT2D eigenvalue weighted by atomic mass is 32.1. The van der Waals surface area contributed by atoms with E-state index in [1.165, 1.54) is 31.4 Å². The van der Waals surface area contributed by atoms with Crippen molar-refractivity contribution in [3.63, 3.8) is 0 Å². The van der Waals surface area contributed by atoms with Gasteiger partial charge in [-0.3, -0.25) is 14.9 Å². The molecule has 5 nitrogen and oxygen atoms in total. The zero-order valence-electron chi connectivity index (χ0n) is 12.1. The minimum absolute atomic E-state index is 0.00355. The SMILES string of the molecule is CC(C)CCCCCCNC(=O)c1ccc([N+](=O)[O-])s1. The number of nitrogens with one attached hydrogen (secondary N) is 1. The monoisotopic (exact) mass is 298 g/mol. The van der Waals surface area contributed by atoms with Crippen LogP contribution in [0.1, 0.15) is 55.6 Å². The summed E-state index contributed by atoms with van der Waals surface area (Å²) in [4.78, 5) is 22.2. The van der Waals surface area contributed by atoms with Crippen LogP contribution in [-0.4, -0.2) is 17.4 Å². The van der Waals surface area contributed by atoms with Crippen molar-refractivity contribution in [1.29, 1.82) is 0 Å². The summed E-state index contributed by atoms with van der Waals surface area (Å²) in [6.07, 6.45) is 5.75. The minimum Gasteiger partial charge on any atom is -0.351 e. The average molecular weight is 298 g/mol. The number of carbonyl (C=O) groups excluding carboxylic acids is 1. The summed E-state index contributed by atoms with van der Waals surface area (Å²) in [6.45, 7) is 5.08. The van der Waals surface area contributed by atoms with E-state index in [4.69, 9.17) is 0 Å². The van der Waals surface area contributed by atoms with Gasteiger partial charge >= 0.3 is 5.00 Å². The lowest BCUT2D eigenvalue weighted by atomic mass is 10.0. The predicted octanol–water partition coefficient (Wildman–Crippen LogP) is 3.99. The highest BCUT2D eigenvalue weighted by Crippen LogP contribution is 2.23. The van der Waals surface area contributed by atoms with Gasteiger partial charge in [0, 0.05) is 12.6 Å². The molecule has 0 aliphatic rings. The number of thiophene rings is 1. The molecule has 0 fully saturated rings. The second-order valence-electron chi connectivity index (χ2n) is 5.25. The van der Waals surface area contributed by atoms with Crippen LogP contribution in [0.4, 0.5) is 5.00 Å². The molecule has 0 aliphatic carbocycles. The van der Waals surface area contributed by atoms with Crippen LogP contribution >= 0.6 is 11.3 Å². The van der Waals surface area contributed by atoms with Crippen LogP contribution in [0.5, 0.6) is 0 Å². The fourth-order valence-electron chi connectivity index (χ4n) is 1.87. The maximum absolute atomic E-state index is 11.7. The number of carbonyl (C=O) groups is 1. The quantitative estimate of drug-likeness (QED) is 0.425. The smallest absolute Gasteiger partial charge is 0.324 e. The van der Waals surface area contributed by atoms with Gasteiger partial charge in [-0.2, -0.15) is 0 Å². The van der Waals surface area contributed by atoms with Crippen molar-refractivity contribution in [1.82, 2.24) is 5.32 Å². The number of unbranched alkanes of at least 4 members (excludes halogenated alkanes) is 3. The summed E-state index contributed by atoms with van der Waals surface area (Å²) in [5.74, 6) is 0.537. The fourth-order valence-corrected chi connectivity index (χ4v) is 2.60. The van der Waals surface area contributed by atoms with Crippen LogP contribution < -0.4 is 5.32 Å². The van der Waals surface area contributed by atoms with Crippen molar-refractivity contribution in [2.24, 2.45) is 5.92 Å². The van der Waals surface area contributed by atoms with Gasteiger partial charge in [-0.1, -0.05) is 50.9 Å². The Hall–Kier alpha value is -1.43. The van der Waals surface area contributed by atoms with Crippen LogP contribution in [0.15, 0.2) is 12.1 Å². The molecule has 0 unspecified atom stereocenters. The number of nitro groups is 1. The minimum atomic E-state index is -0.476. The predicted molar refractivity (Wildman–Crippen MR) is 81.2 cm³/mol. The summed E-state index contributed by atoms with van der Waals surface area (Å²) in [7, 11) is 0. The molecule has 0 radical (unpaired) electrons. The maximum atomic E-state index is 11.7. The Morgan fingerprint density at radius 3 is 2.60 bits per heavy atom. The van der Waals surface area contributed by atoms with Crippen LogP contribution in [0, 0.1) is 16.0 Å². The molecule has 0 saturated carbocycles. The summed E-state index contributed by atoms with van der Waals surface area (Å²) in [5.41, 5.74) is 0. The van der Waals surface area contributed by atoms with Gasteiger partial charge in [0.1, 0.15) is 0 Å². The first-order valence-electron chi connectivity index (χ1n) is 7.03. The first-order valence-corrected chi connectivity index (χ1v) is 7.84. The lowest BCUT2D eigenvalue weighted by molar-refractivity contribution is -0.380. The van der Waals surface area contributed by atoms with Crippen molar-refractivity contribution < 1.29 is 9.72 Å². The van der Waals surface area contributed by atoms with Crippen molar-refractivity contribution in [3.8, 4) is 0 Å². The first-order chi connectivity index (χ1) is 9.50. The molecule has 20 heavy (non-hydrogen) atoms. The molecular formula is C14H22N2O3S. The normalized spacial score (nSPS) is 10.8. The first kappa shape index (κ1) is 16.6. The third-order valence-corrected chi connectivity index (χ3v) is 4.03. The van der Waals surface area contributed by atoms with Crippen molar-refractivity contribution in [2.45, 2.75) is 46.0 Å². The molecule has 1 rings (SSSR count). The number of hydrogen-bond acceptors (Lipinski definition) is 4. The number of rotatable bonds is 9. The molecule has 1 heterocycles. The van der Waals surface area contributed by atoms with Gasteiger partial charge < -0.3 is 5.32 Å². The van der Waals surface area contributed by atoms with Gasteiger partial charge in [-0.15, -0.1) is 0 Å². The molecule has 1 amide bonds. The maximum Gasteiger partial charge on any atom is 0.324 e. The van der Waals surface area contributed by atoms with E-state index in [9.17, 15) is 14.9 Å². The lowest BCUT2D eigenvalue weighted by Gasteiger charge is -2.05. The van der Waals surface area contributed by atoms with Gasteiger partial charge in [-0.25, -0.2) is 0 Å². The lowest BCUT2D eigenvalue weighted by Crippen LogP contribution is -2.23. The zero-order valence-corrected chi connectivity index (χ0v) is 12.9. The third kappa shape index (κ3) is 6.14. The standard InChI is InChI=1S/C14H22N2O3S/c1-11(2)7-5-3-4-6-10-15-14(17)12-8-9-13(20-12)16(18)19/h8-9,11H,3-7,10H2,1-2H3,(H,15,17). The Balaban J connectivity index is 2.15. The molecule has 6 heteroatoms. The Bertz CT molecular complexity index is 443. The molecule has 0 atom stereocenters. The zero-order chi connectivity index (χ0) is 15.0. The highest BCUT2D eigenvalue weighted by Gasteiger charge is 2.14. The third-order valence-electron chi connectivity index (χ3n) is 2.99. The molecule has 1 N–H and O–H groups in total. The second kappa shape index (κ2) is 8.68.